The standard InChI is InChI=1S/C30H46O3/c1-18(2)30-17-16-29(24(32)33-30)15-14-27(6)19(23(29)30)8-9-21-26(5)12-11-22(31)25(3,4)20(26)10-13-28(21,27)7/h19-23,31H,1,8-17H2,2-7H3. The zero-order chi connectivity index (χ0) is 23.8. The fourth-order valence-electron chi connectivity index (χ4n) is 11.9. The van der Waals surface area contributed by atoms with Gasteiger partial charge in [-0.15, -0.1) is 0 Å². The molecule has 1 saturated heterocycles. The highest BCUT2D eigenvalue weighted by atomic mass is 16.6. The molecule has 0 radical (unpaired) electrons. The lowest BCUT2D eigenvalue weighted by Crippen LogP contribution is -2.67. The van der Waals surface area contributed by atoms with Crippen LogP contribution in [0.1, 0.15) is 106 Å². The molecule has 0 aromatic carbocycles. The number of carbonyl (C=O) groups excluding carboxylic acids is 1. The predicted molar refractivity (Wildman–Crippen MR) is 130 cm³/mol. The summed E-state index contributed by atoms with van der Waals surface area (Å²) in [5.41, 5.74) is 1.23. The average molecular weight is 455 g/mol. The van der Waals surface area contributed by atoms with Gasteiger partial charge in [-0.2, -0.15) is 0 Å². The molecule has 1 N–H and O–H groups in total. The highest BCUT2D eigenvalue weighted by Gasteiger charge is 2.78. The van der Waals surface area contributed by atoms with Crippen LogP contribution in [0.4, 0.5) is 0 Å². The largest absolute Gasteiger partial charge is 0.454 e. The van der Waals surface area contributed by atoms with Gasteiger partial charge in [0.1, 0.15) is 5.60 Å². The Labute approximate surface area is 201 Å². The smallest absolute Gasteiger partial charge is 0.313 e. The number of aliphatic hydroxyl groups excluding tert-OH is 1. The molecule has 1 aliphatic heterocycles. The quantitative estimate of drug-likeness (QED) is 0.355. The van der Waals surface area contributed by atoms with Crippen LogP contribution in [0.2, 0.25) is 0 Å². The van der Waals surface area contributed by atoms with Crippen molar-refractivity contribution in [3.05, 3.63) is 12.2 Å². The highest BCUT2D eigenvalue weighted by molar-refractivity contribution is 5.83. The van der Waals surface area contributed by atoms with Crippen LogP contribution >= 0.6 is 0 Å². The highest BCUT2D eigenvalue weighted by Crippen LogP contribution is 2.79. The zero-order valence-electron chi connectivity index (χ0n) is 21.9. The van der Waals surface area contributed by atoms with E-state index in [1.54, 1.807) is 0 Å². The molecule has 5 aliphatic carbocycles. The van der Waals surface area contributed by atoms with E-state index < -0.39 is 5.60 Å². The molecule has 3 heteroatoms. The third kappa shape index (κ3) is 2.27. The van der Waals surface area contributed by atoms with Gasteiger partial charge in [-0.1, -0.05) is 41.2 Å². The third-order valence-corrected chi connectivity index (χ3v) is 13.9. The van der Waals surface area contributed by atoms with Crippen molar-refractivity contribution in [1.29, 1.82) is 0 Å². The summed E-state index contributed by atoms with van der Waals surface area (Å²) in [4.78, 5) is 13.3. The minimum atomic E-state index is -0.412. The predicted octanol–water partition coefficient (Wildman–Crippen LogP) is 6.68. The molecule has 5 saturated carbocycles. The van der Waals surface area contributed by atoms with Crippen molar-refractivity contribution in [2.45, 2.75) is 117 Å². The number of carbonyl (C=O) groups is 1. The summed E-state index contributed by atoms with van der Waals surface area (Å²) < 4.78 is 6.29. The molecule has 0 spiro atoms. The second-order valence-corrected chi connectivity index (χ2v) is 14.7. The summed E-state index contributed by atoms with van der Waals surface area (Å²) in [5, 5.41) is 10.9. The molecule has 3 nitrogen and oxygen atoms in total. The number of rotatable bonds is 1. The topological polar surface area (TPSA) is 46.5 Å². The Balaban J connectivity index is 1.43. The SMILES string of the molecule is C=C(C)C12CCC3(CCC4(C)C(CCC5C6(C)CCC(O)C(C)(C)C6CCC54C)C31)C(=O)O2. The van der Waals surface area contributed by atoms with Crippen LogP contribution in [0.25, 0.3) is 0 Å². The number of esters is 1. The summed E-state index contributed by atoms with van der Waals surface area (Å²) in [5.74, 6) is 2.25. The van der Waals surface area contributed by atoms with Crippen molar-refractivity contribution in [3.63, 3.8) is 0 Å². The fourth-order valence-corrected chi connectivity index (χ4v) is 11.9. The fraction of sp³-hybridized carbons (Fsp3) is 0.900. The summed E-state index contributed by atoms with van der Waals surface area (Å²) in [6.45, 7) is 19.0. The van der Waals surface area contributed by atoms with Gasteiger partial charge in [0.15, 0.2) is 0 Å². The van der Waals surface area contributed by atoms with Gasteiger partial charge in [0.25, 0.3) is 0 Å². The molecule has 6 fully saturated rings. The van der Waals surface area contributed by atoms with E-state index >= 15 is 0 Å². The molecule has 6 rings (SSSR count). The van der Waals surface area contributed by atoms with E-state index in [1.807, 2.05) is 0 Å². The Morgan fingerprint density at radius 1 is 0.879 bits per heavy atom. The van der Waals surface area contributed by atoms with E-state index in [0.717, 1.165) is 44.1 Å². The summed E-state index contributed by atoms with van der Waals surface area (Å²) in [6, 6.07) is 0. The van der Waals surface area contributed by atoms with Crippen LogP contribution in [0.15, 0.2) is 12.2 Å². The van der Waals surface area contributed by atoms with E-state index in [9.17, 15) is 9.90 Å². The van der Waals surface area contributed by atoms with Gasteiger partial charge < -0.3 is 9.84 Å². The van der Waals surface area contributed by atoms with Crippen LogP contribution < -0.4 is 0 Å². The molecule has 33 heavy (non-hydrogen) atoms. The monoisotopic (exact) mass is 454 g/mol. The van der Waals surface area contributed by atoms with E-state index in [1.165, 1.54) is 25.7 Å². The van der Waals surface area contributed by atoms with Crippen LogP contribution in [0, 0.1) is 50.7 Å². The maximum Gasteiger partial charge on any atom is 0.313 e. The number of fused-ring (bicyclic) bond motifs is 5. The average Bonchev–Trinajstić information content (AvgIpc) is 3.21. The number of ether oxygens (including phenoxy) is 1. The molecule has 10 unspecified atom stereocenters. The van der Waals surface area contributed by atoms with Crippen LogP contribution in [0.5, 0.6) is 0 Å². The van der Waals surface area contributed by atoms with Crippen molar-refractivity contribution in [3.8, 4) is 0 Å². The van der Waals surface area contributed by atoms with Gasteiger partial charge in [-0.3, -0.25) is 4.79 Å². The molecule has 184 valence electrons. The second kappa shape index (κ2) is 6.29. The molecule has 0 aromatic heterocycles. The third-order valence-electron chi connectivity index (χ3n) is 13.9. The van der Waals surface area contributed by atoms with Crippen molar-refractivity contribution < 1.29 is 14.6 Å². The van der Waals surface area contributed by atoms with Gasteiger partial charge in [0.05, 0.1) is 11.5 Å². The summed E-state index contributed by atoms with van der Waals surface area (Å²) in [6.07, 6.45) is 11.1. The molecule has 2 bridgehead atoms. The first kappa shape index (κ1) is 22.6. The van der Waals surface area contributed by atoms with Gasteiger partial charge in [-0.05, 0) is 116 Å². The molecule has 1 heterocycles. The molecule has 6 aliphatic rings. The van der Waals surface area contributed by atoms with E-state index in [-0.39, 0.29) is 33.7 Å². The summed E-state index contributed by atoms with van der Waals surface area (Å²) >= 11 is 0. The normalized spacial score (nSPS) is 58.5. The van der Waals surface area contributed by atoms with Gasteiger partial charge >= 0.3 is 5.97 Å². The maximum atomic E-state index is 13.3. The first-order chi connectivity index (χ1) is 15.3. The Bertz CT molecular complexity index is 922. The van der Waals surface area contributed by atoms with Crippen molar-refractivity contribution in [2.75, 3.05) is 0 Å². The molecule has 10 atom stereocenters. The lowest BCUT2D eigenvalue weighted by Gasteiger charge is -2.72. The summed E-state index contributed by atoms with van der Waals surface area (Å²) in [7, 11) is 0. The van der Waals surface area contributed by atoms with E-state index in [0.29, 0.717) is 29.1 Å². The Kier molecular flexibility index (Phi) is 4.31. The minimum Gasteiger partial charge on any atom is -0.454 e. The van der Waals surface area contributed by atoms with Gasteiger partial charge in [0.2, 0.25) is 0 Å². The van der Waals surface area contributed by atoms with Crippen molar-refractivity contribution >= 4 is 5.97 Å². The maximum absolute atomic E-state index is 13.3. The zero-order valence-corrected chi connectivity index (χ0v) is 21.9. The van der Waals surface area contributed by atoms with Gasteiger partial charge in [-0.25, -0.2) is 0 Å². The lowest BCUT2D eigenvalue weighted by molar-refractivity contribution is -0.245. The molecular weight excluding hydrogens is 408 g/mol. The Hall–Kier alpha value is -0.830. The number of hydrogen-bond donors (Lipinski definition) is 1. The lowest BCUT2D eigenvalue weighted by atomic mass is 9.32. The molecule has 0 amide bonds. The van der Waals surface area contributed by atoms with Crippen molar-refractivity contribution in [2.24, 2.45) is 50.7 Å². The second-order valence-electron chi connectivity index (χ2n) is 14.7. The van der Waals surface area contributed by atoms with Crippen LogP contribution in [-0.4, -0.2) is 22.8 Å². The first-order valence-electron chi connectivity index (χ1n) is 13.9. The first-order valence-corrected chi connectivity index (χ1v) is 13.9. The number of aliphatic hydroxyl groups is 1. The Morgan fingerprint density at radius 2 is 1.58 bits per heavy atom. The Morgan fingerprint density at radius 3 is 2.24 bits per heavy atom. The molecule has 0 aromatic rings. The number of hydrogen-bond acceptors (Lipinski definition) is 3. The molecular formula is C30H46O3. The minimum absolute atomic E-state index is 0.00244. The van der Waals surface area contributed by atoms with E-state index in [4.69, 9.17) is 4.74 Å². The van der Waals surface area contributed by atoms with Crippen LogP contribution in [-0.2, 0) is 9.53 Å². The van der Waals surface area contributed by atoms with Crippen molar-refractivity contribution in [1.82, 2.24) is 0 Å². The van der Waals surface area contributed by atoms with E-state index in [2.05, 4.69) is 48.1 Å². The van der Waals surface area contributed by atoms with Gasteiger partial charge in [0, 0.05) is 5.92 Å². The van der Waals surface area contributed by atoms with Crippen LogP contribution in [0.3, 0.4) is 0 Å².